The highest BCUT2D eigenvalue weighted by atomic mass is 16.5. The second-order valence-electron chi connectivity index (χ2n) is 3.50. The number of ether oxygens (including phenoxy) is 1. The predicted octanol–water partition coefficient (Wildman–Crippen LogP) is 2.21. The number of aromatic amines is 1. The Morgan fingerprint density at radius 1 is 1.43 bits per heavy atom. The molecule has 1 fully saturated rings. The number of rotatable bonds is 2. The molecule has 1 heterocycles. The fourth-order valence-electron chi connectivity index (χ4n) is 1.41. The van der Waals surface area contributed by atoms with Gasteiger partial charge < -0.3 is 9.72 Å². The van der Waals surface area contributed by atoms with Gasteiger partial charge in [-0.2, -0.15) is 0 Å². The molecule has 3 nitrogen and oxygen atoms in total. The molecule has 0 saturated heterocycles. The molecule has 0 aliphatic heterocycles. The van der Waals surface area contributed by atoms with Gasteiger partial charge in [-0.05, 0) is 37.8 Å². The molecule has 74 valence electrons. The van der Waals surface area contributed by atoms with Crippen LogP contribution in [0.3, 0.4) is 0 Å². The van der Waals surface area contributed by atoms with Gasteiger partial charge in [0.15, 0.2) is 0 Å². The molecule has 0 amide bonds. The van der Waals surface area contributed by atoms with Crippen molar-refractivity contribution in [1.29, 1.82) is 0 Å². The lowest BCUT2D eigenvalue weighted by Crippen LogP contribution is -2.06. The maximum absolute atomic E-state index is 10.8. The van der Waals surface area contributed by atoms with Gasteiger partial charge in [-0.25, -0.2) is 0 Å². The van der Waals surface area contributed by atoms with Crippen molar-refractivity contribution in [2.75, 3.05) is 0 Å². The van der Waals surface area contributed by atoms with Crippen molar-refractivity contribution in [3.63, 3.8) is 0 Å². The summed E-state index contributed by atoms with van der Waals surface area (Å²) in [7, 11) is 0. The highest BCUT2D eigenvalue weighted by molar-refractivity contribution is 5.22. The summed E-state index contributed by atoms with van der Waals surface area (Å²) in [6, 6.07) is 3.15. The van der Waals surface area contributed by atoms with E-state index in [1.165, 1.54) is 18.1 Å². The molecule has 0 aromatic carbocycles. The number of nitrogens with one attached hydrogen (secondary N) is 1. The number of hydrogen-bond acceptors (Lipinski definition) is 2. The van der Waals surface area contributed by atoms with Gasteiger partial charge in [0.25, 0.3) is 0 Å². The van der Waals surface area contributed by atoms with Gasteiger partial charge >= 0.3 is 0 Å². The molecule has 0 bridgehead atoms. The number of aromatic nitrogens is 1. The van der Waals surface area contributed by atoms with E-state index in [-0.39, 0.29) is 5.56 Å². The summed E-state index contributed by atoms with van der Waals surface area (Å²) in [4.78, 5) is 13.4. The molecular weight excluding hydrogens is 178 g/mol. The zero-order chi connectivity index (χ0) is 9.97. The fraction of sp³-hybridized carbons (Fsp3) is 0.364. The predicted molar refractivity (Wildman–Crippen MR) is 54.2 cm³/mol. The van der Waals surface area contributed by atoms with Gasteiger partial charge in [-0.1, -0.05) is 0 Å². The SMILES string of the molecule is CC(Oc1ccc(=O)[nH]c1)=C1CCC1. The van der Waals surface area contributed by atoms with Crippen molar-refractivity contribution in [3.8, 4) is 5.75 Å². The average Bonchev–Trinajstić information content (AvgIpc) is 2.06. The number of pyridine rings is 1. The van der Waals surface area contributed by atoms with Crippen molar-refractivity contribution in [1.82, 2.24) is 4.98 Å². The van der Waals surface area contributed by atoms with Crippen LogP contribution in [0.4, 0.5) is 0 Å². The van der Waals surface area contributed by atoms with Crippen LogP contribution in [0.2, 0.25) is 0 Å². The van der Waals surface area contributed by atoms with Gasteiger partial charge in [-0.3, -0.25) is 4.79 Å². The van der Waals surface area contributed by atoms with Crippen molar-refractivity contribution in [3.05, 3.63) is 40.0 Å². The summed E-state index contributed by atoms with van der Waals surface area (Å²) in [5.41, 5.74) is 1.28. The molecule has 3 heteroatoms. The Bertz CT molecular complexity index is 391. The Morgan fingerprint density at radius 3 is 2.71 bits per heavy atom. The molecule has 1 saturated carbocycles. The smallest absolute Gasteiger partial charge is 0.248 e. The van der Waals surface area contributed by atoms with Gasteiger partial charge in [-0.15, -0.1) is 0 Å². The summed E-state index contributed by atoms with van der Waals surface area (Å²) >= 11 is 0. The molecule has 0 atom stereocenters. The monoisotopic (exact) mass is 191 g/mol. The van der Waals surface area contributed by atoms with E-state index >= 15 is 0 Å². The minimum atomic E-state index is -0.105. The average molecular weight is 191 g/mol. The quantitative estimate of drug-likeness (QED) is 0.728. The molecule has 0 unspecified atom stereocenters. The summed E-state index contributed by atoms with van der Waals surface area (Å²) < 4.78 is 5.58. The van der Waals surface area contributed by atoms with Crippen LogP contribution >= 0.6 is 0 Å². The Morgan fingerprint density at radius 2 is 2.21 bits per heavy atom. The van der Waals surface area contributed by atoms with Crippen LogP contribution in [-0.2, 0) is 0 Å². The molecule has 0 spiro atoms. The lowest BCUT2D eigenvalue weighted by atomic mass is 9.91. The van der Waals surface area contributed by atoms with Crippen molar-refractivity contribution >= 4 is 0 Å². The summed E-state index contributed by atoms with van der Waals surface area (Å²) in [5.74, 6) is 1.67. The van der Waals surface area contributed by atoms with Crippen LogP contribution in [0.15, 0.2) is 34.5 Å². The first-order chi connectivity index (χ1) is 6.75. The fourth-order valence-corrected chi connectivity index (χ4v) is 1.41. The molecule has 1 aliphatic carbocycles. The minimum absolute atomic E-state index is 0.105. The third-order valence-corrected chi connectivity index (χ3v) is 2.48. The van der Waals surface area contributed by atoms with Crippen molar-refractivity contribution < 1.29 is 4.74 Å². The van der Waals surface area contributed by atoms with E-state index in [4.69, 9.17) is 4.74 Å². The second kappa shape index (κ2) is 3.70. The normalized spacial score (nSPS) is 14.8. The van der Waals surface area contributed by atoms with Gasteiger partial charge in [0.2, 0.25) is 5.56 Å². The van der Waals surface area contributed by atoms with E-state index in [0.717, 1.165) is 18.6 Å². The van der Waals surface area contributed by atoms with E-state index in [1.54, 1.807) is 12.3 Å². The Kier molecular flexibility index (Phi) is 2.39. The minimum Gasteiger partial charge on any atom is -0.461 e. The molecule has 1 aliphatic rings. The van der Waals surface area contributed by atoms with Gasteiger partial charge in [0, 0.05) is 12.3 Å². The third kappa shape index (κ3) is 1.87. The second-order valence-corrected chi connectivity index (χ2v) is 3.50. The van der Waals surface area contributed by atoms with E-state index in [9.17, 15) is 4.79 Å². The van der Waals surface area contributed by atoms with Crippen LogP contribution in [0.25, 0.3) is 0 Å². The first-order valence-corrected chi connectivity index (χ1v) is 4.81. The molecule has 1 N–H and O–H groups in total. The highest BCUT2D eigenvalue weighted by Crippen LogP contribution is 2.29. The molecule has 1 aromatic heterocycles. The van der Waals surface area contributed by atoms with Gasteiger partial charge in [0.1, 0.15) is 11.5 Å². The van der Waals surface area contributed by atoms with Crippen LogP contribution in [0, 0.1) is 0 Å². The zero-order valence-corrected chi connectivity index (χ0v) is 8.17. The zero-order valence-electron chi connectivity index (χ0n) is 8.17. The van der Waals surface area contributed by atoms with E-state index < -0.39 is 0 Å². The Hall–Kier alpha value is -1.51. The third-order valence-electron chi connectivity index (χ3n) is 2.48. The molecule has 0 radical (unpaired) electrons. The van der Waals surface area contributed by atoms with E-state index in [2.05, 4.69) is 4.98 Å². The molecule has 2 rings (SSSR count). The lowest BCUT2D eigenvalue weighted by Gasteiger charge is -2.19. The number of hydrogen-bond donors (Lipinski definition) is 1. The summed E-state index contributed by atoms with van der Waals surface area (Å²) in [5, 5.41) is 0. The molecule has 1 aromatic rings. The highest BCUT2D eigenvalue weighted by Gasteiger charge is 2.12. The maximum atomic E-state index is 10.8. The van der Waals surface area contributed by atoms with E-state index in [1.807, 2.05) is 6.92 Å². The van der Waals surface area contributed by atoms with Gasteiger partial charge in [0.05, 0.1) is 0 Å². The Labute approximate surface area is 82.4 Å². The molecule has 14 heavy (non-hydrogen) atoms. The summed E-state index contributed by atoms with van der Waals surface area (Å²) in [6.45, 7) is 1.97. The maximum Gasteiger partial charge on any atom is 0.248 e. The summed E-state index contributed by atoms with van der Waals surface area (Å²) in [6.07, 6.45) is 5.15. The van der Waals surface area contributed by atoms with Crippen LogP contribution in [0.1, 0.15) is 26.2 Å². The number of allylic oxidation sites excluding steroid dienone is 2. The van der Waals surface area contributed by atoms with Crippen molar-refractivity contribution in [2.45, 2.75) is 26.2 Å². The largest absolute Gasteiger partial charge is 0.461 e. The Balaban J connectivity index is 2.10. The van der Waals surface area contributed by atoms with Crippen LogP contribution < -0.4 is 10.3 Å². The van der Waals surface area contributed by atoms with E-state index in [0.29, 0.717) is 5.75 Å². The van der Waals surface area contributed by atoms with Crippen LogP contribution in [-0.4, -0.2) is 4.98 Å². The first kappa shape index (κ1) is 9.06. The number of H-pyrrole nitrogens is 1. The van der Waals surface area contributed by atoms with Crippen molar-refractivity contribution in [2.24, 2.45) is 0 Å². The van der Waals surface area contributed by atoms with Crippen LogP contribution in [0.5, 0.6) is 5.75 Å². The first-order valence-electron chi connectivity index (χ1n) is 4.81. The standard InChI is InChI=1S/C11H13NO2/c1-8(9-3-2-4-9)14-10-5-6-11(13)12-7-10/h5-7H,2-4H2,1H3,(H,12,13). The topological polar surface area (TPSA) is 42.1 Å². The molecular formula is C11H13NO2. The lowest BCUT2D eigenvalue weighted by molar-refractivity contribution is 0.402.